The summed E-state index contributed by atoms with van der Waals surface area (Å²) >= 11 is 0. The van der Waals surface area contributed by atoms with Gasteiger partial charge in [0.1, 0.15) is 0 Å². The Kier molecular flexibility index (Phi) is 6.95. The van der Waals surface area contributed by atoms with Crippen LogP contribution < -0.4 is 21.3 Å². The minimum atomic E-state index is -0.286. The molecule has 31 heavy (non-hydrogen) atoms. The first-order valence-corrected chi connectivity index (χ1v) is 10.5. The first-order valence-electron chi connectivity index (χ1n) is 10.5. The number of hydrogen-bond donors (Lipinski definition) is 4. The SMILES string of the molecule is CN=C(NCc1cccc(C(=O)NC(C)(C)C)c1)NCC1CC(=O)Nc2ccccc21. The zero-order chi connectivity index (χ0) is 22.4. The molecule has 1 aliphatic rings. The molecule has 1 heterocycles. The molecule has 0 bridgehead atoms. The second-order valence-electron chi connectivity index (χ2n) is 8.75. The lowest BCUT2D eigenvalue weighted by molar-refractivity contribution is -0.116. The molecule has 0 radical (unpaired) electrons. The standard InChI is InChI=1S/C24H31N5O2/c1-24(2,3)29-22(31)17-9-7-8-16(12-17)14-26-23(25-4)27-15-18-13-21(30)28-20-11-6-5-10-19(18)20/h5-12,18H,13-15H2,1-4H3,(H,28,30)(H,29,31)(H2,25,26,27). The van der Waals surface area contributed by atoms with Crippen LogP contribution in [-0.2, 0) is 11.3 Å². The van der Waals surface area contributed by atoms with Gasteiger partial charge >= 0.3 is 0 Å². The maximum atomic E-state index is 12.4. The van der Waals surface area contributed by atoms with E-state index in [1.54, 1.807) is 7.05 Å². The van der Waals surface area contributed by atoms with Crippen LogP contribution in [0.1, 0.15) is 54.6 Å². The van der Waals surface area contributed by atoms with Gasteiger partial charge in [-0.05, 0) is 50.1 Å². The highest BCUT2D eigenvalue weighted by Crippen LogP contribution is 2.31. The van der Waals surface area contributed by atoms with Gasteiger partial charge < -0.3 is 21.3 Å². The van der Waals surface area contributed by atoms with Crippen molar-refractivity contribution >= 4 is 23.5 Å². The van der Waals surface area contributed by atoms with Gasteiger partial charge in [0.25, 0.3) is 5.91 Å². The van der Waals surface area contributed by atoms with Crippen LogP contribution in [0.25, 0.3) is 0 Å². The number of carbonyl (C=O) groups is 2. The molecule has 1 aliphatic heterocycles. The topological polar surface area (TPSA) is 94.6 Å². The quantitative estimate of drug-likeness (QED) is 0.441. The number of guanidine groups is 1. The van der Waals surface area contributed by atoms with Crippen molar-refractivity contribution in [2.75, 3.05) is 18.9 Å². The highest BCUT2D eigenvalue weighted by Gasteiger charge is 2.24. The Hall–Kier alpha value is -3.35. The van der Waals surface area contributed by atoms with Gasteiger partial charge in [0.05, 0.1) is 0 Å². The number of carbonyl (C=O) groups excluding carboxylic acids is 2. The van der Waals surface area contributed by atoms with Gasteiger partial charge in [0.15, 0.2) is 5.96 Å². The summed E-state index contributed by atoms with van der Waals surface area (Å²) in [6.45, 7) is 7.00. The number of para-hydroxylation sites is 1. The predicted molar refractivity (Wildman–Crippen MR) is 124 cm³/mol. The molecule has 0 spiro atoms. The molecule has 0 saturated heterocycles. The van der Waals surface area contributed by atoms with Gasteiger partial charge in [-0.2, -0.15) is 0 Å². The Bertz CT molecular complexity index is 978. The Balaban J connectivity index is 1.58. The smallest absolute Gasteiger partial charge is 0.251 e. The van der Waals surface area contributed by atoms with Crippen molar-refractivity contribution in [1.29, 1.82) is 0 Å². The predicted octanol–water partition coefficient (Wildman–Crippen LogP) is 3.01. The third kappa shape index (κ3) is 6.31. The maximum Gasteiger partial charge on any atom is 0.251 e. The molecule has 7 nitrogen and oxygen atoms in total. The Morgan fingerprint density at radius 2 is 1.90 bits per heavy atom. The number of rotatable bonds is 5. The van der Waals surface area contributed by atoms with E-state index in [0.29, 0.717) is 31.0 Å². The van der Waals surface area contributed by atoms with E-state index in [0.717, 1.165) is 16.8 Å². The normalized spacial score (nSPS) is 16.2. The van der Waals surface area contributed by atoms with Crippen molar-refractivity contribution < 1.29 is 9.59 Å². The molecule has 0 aliphatic carbocycles. The van der Waals surface area contributed by atoms with Crippen LogP contribution in [-0.4, -0.2) is 36.9 Å². The molecule has 2 aromatic carbocycles. The summed E-state index contributed by atoms with van der Waals surface area (Å²) in [5.74, 6) is 0.658. The van der Waals surface area contributed by atoms with Crippen molar-refractivity contribution in [2.24, 2.45) is 4.99 Å². The molecule has 7 heteroatoms. The number of nitrogens with zero attached hydrogens (tertiary/aromatic N) is 1. The monoisotopic (exact) mass is 421 g/mol. The van der Waals surface area contributed by atoms with Crippen molar-refractivity contribution in [3.8, 4) is 0 Å². The molecule has 2 amide bonds. The molecule has 4 N–H and O–H groups in total. The average Bonchev–Trinajstić information content (AvgIpc) is 2.72. The Morgan fingerprint density at radius 1 is 1.13 bits per heavy atom. The molecule has 0 saturated carbocycles. The third-order valence-electron chi connectivity index (χ3n) is 4.98. The minimum absolute atomic E-state index is 0.0267. The van der Waals surface area contributed by atoms with E-state index in [4.69, 9.17) is 0 Å². The van der Waals surface area contributed by atoms with Crippen molar-refractivity contribution in [3.05, 3.63) is 65.2 Å². The summed E-state index contributed by atoms with van der Waals surface area (Å²) in [6.07, 6.45) is 0.436. The number of nitrogens with one attached hydrogen (secondary N) is 4. The molecule has 2 aromatic rings. The number of benzene rings is 2. The Morgan fingerprint density at radius 3 is 2.65 bits per heavy atom. The molecule has 0 aromatic heterocycles. The number of anilines is 1. The van der Waals surface area contributed by atoms with Gasteiger partial charge in [-0.3, -0.25) is 14.6 Å². The van der Waals surface area contributed by atoms with Crippen LogP contribution in [0, 0.1) is 0 Å². The number of amides is 2. The second-order valence-corrected chi connectivity index (χ2v) is 8.75. The molecule has 0 fully saturated rings. The van der Waals surface area contributed by atoms with Crippen LogP contribution in [0.2, 0.25) is 0 Å². The fraction of sp³-hybridized carbons (Fsp3) is 0.375. The molecule has 3 rings (SSSR count). The van der Waals surface area contributed by atoms with Crippen molar-refractivity contribution in [2.45, 2.75) is 45.2 Å². The van der Waals surface area contributed by atoms with Gasteiger partial charge in [0.2, 0.25) is 5.91 Å². The summed E-state index contributed by atoms with van der Waals surface area (Å²) < 4.78 is 0. The average molecular weight is 422 g/mol. The highest BCUT2D eigenvalue weighted by molar-refractivity contribution is 5.95. The first-order chi connectivity index (χ1) is 14.7. The molecule has 1 atom stereocenters. The van der Waals surface area contributed by atoms with Crippen LogP contribution in [0.3, 0.4) is 0 Å². The summed E-state index contributed by atoms with van der Waals surface area (Å²) in [5.41, 5.74) is 3.32. The maximum absolute atomic E-state index is 12.4. The highest BCUT2D eigenvalue weighted by atomic mass is 16.2. The summed E-state index contributed by atoms with van der Waals surface area (Å²) in [5, 5.41) is 12.5. The van der Waals surface area contributed by atoms with E-state index in [2.05, 4.69) is 26.3 Å². The van der Waals surface area contributed by atoms with E-state index in [9.17, 15) is 9.59 Å². The first kappa shape index (κ1) is 22.3. The van der Waals surface area contributed by atoms with E-state index in [1.807, 2.05) is 69.3 Å². The second kappa shape index (κ2) is 9.64. The van der Waals surface area contributed by atoms with E-state index in [-0.39, 0.29) is 23.3 Å². The van der Waals surface area contributed by atoms with Crippen molar-refractivity contribution in [1.82, 2.24) is 16.0 Å². The van der Waals surface area contributed by atoms with Crippen molar-refractivity contribution in [3.63, 3.8) is 0 Å². The van der Waals surface area contributed by atoms with Crippen LogP contribution in [0.15, 0.2) is 53.5 Å². The molecule has 164 valence electrons. The zero-order valence-electron chi connectivity index (χ0n) is 18.6. The van der Waals surface area contributed by atoms with Gasteiger partial charge in [-0.25, -0.2) is 0 Å². The molecular formula is C24H31N5O2. The number of fused-ring (bicyclic) bond motifs is 1. The third-order valence-corrected chi connectivity index (χ3v) is 4.98. The fourth-order valence-electron chi connectivity index (χ4n) is 3.55. The largest absolute Gasteiger partial charge is 0.356 e. The van der Waals surface area contributed by atoms with Crippen LogP contribution in [0.4, 0.5) is 5.69 Å². The molecular weight excluding hydrogens is 390 g/mol. The summed E-state index contributed by atoms with van der Waals surface area (Å²) in [7, 11) is 1.71. The number of hydrogen-bond acceptors (Lipinski definition) is 3. The fourth-order valence-corrected chi connectivity index (χ4v) is 3.55. The lowest BCUT2D eigenvalue weighted by atomic mass is 9.90. The minimum Gasteiger partial charge on any atom is -0.356 e. The summed E-state index contributed by atoms with van der Waals surface area (Å²) in [6, 6.07) is 15.4. The van der Waals surface area contributed by atoms with E-state index in [1.165, 1.54) is 0 Å². The summed E-state index contributed by atoms with van der Waals surface area (Å²) in [4.78, 5) is 28.7. The number of aliphatic imine (C=N–C) groups is 1. The van der Waals surface area contributed by atoms with E-state index >= 15 is 0 Å². The zero-order valence-corrected chi connectivity index (χ0v) is 18.6. The van der Waals surface area contributed by atoms with Gasteiger partial charge in [-0.1, -0.05) is 30.3 Å². The molecule has 1 unspecified atom stereocenters. The lowest BCUT2D eigenvalue weighted by Crippen LogP contribution is -2.41. The Labute approximate surface area is 183 Å². The van der Waals surface area contributed by atoms with Gasteiger partial charge in [-0.15, -0.1) is 0 Å². The van der Waals surface area contributed by atoms with Crippen LogP contribution in [0.5, 0.6) is 0 Å². The lowest BCUT2D eigenvalue weighted by Gasteiger charge is -2.26. The van der Waals surface area contributed by atoms with Crippen LogP contribution >= 0.6 is 0 Å². The van der Waals surface area contributed by atoms with E-state index < -0.39 is 0 Å². The van der Waals surface area contributed by atoms with Gasteiger partial charge in [0, 0.05) is 49.3 Å².